The van der Waals surface area contributed by atoms with Gasteiger partial charge in [0.2, 0.25) is 0 Å². The van der Waals surface area contributed by atoms with Crippen LogP contribution in [0.25, 0.3) is 6.08 Å². The van der Waals surface area contributed by atoms with E-state index >= 15 is 0 Å². The van der Waals surface area contributed by atoms with Crippen molar-refractivity contribution in [2.24, 2.45) is 0 Å². The molecular weight excluding hydrogens is 344 g/mol. The molecule has 0 saturated carbocycles. The second-order valence-electron chi connectivity index (χ2n) is 7.42. The van der Waals surface area contributed by atoms with E-state index in [9.17, 15) is 4.79 Å². The average Bonchev–Trinajstić information content (AvgIpc) is 2.93. The first-order valence-corrected chi connectivity index (χ1v) is 9.86. The third kappa shape index (κ3) is 3.91. The van der Waals surface area contributed by atoms with E-state index in [4.69, 9.17) is 5.11 Å². The minimum absolute atomic E-state index is 0.304. The van der Waals surface area contributed by atoms with Crippen LogP contribution in [0.1, 0.15) is 52.5 Å². The van der Waals surface area contributed by atoms with E-state index in [1.54, 1.807) is 6.08 Å². The van der Waals surface area contributed by atoms with Gasteiger partial charge in [0.05, 0.1) is 0 Å². The molecule has 0 amide bonds. The van der Waals surface area contributed by atoms with Crippen LogP contribution in [0.4, 0.5) is 0 Å². The highest BCUT2D eigenvalue weighted by Gasteiger charge is 2.30. The molecule has 1 aliphatic carbocycles. The van der Waals surface area contributed by atoms with Crippen LogP contribution in [0.5, 0.6) is 0 Å². The van der Waals surface area contributed by atoms with Crippen LogP contribution in [0.3, 0.4) is 0 Å². The molecule has 0 aliphatic heterocycles. The number of hydrogen-bond acceptors (Lipinski definition) is 1. The van der Waals surface area contributed by atoms with E-state index < -0.39 is 5.97 Å². The molecule has 0 aromatic heterocycles. The number of aryl methyl sites for hydroxylation is 1. The SMILES string of the molecule is O=C(O)/C=C/c1ccc(C2c3ccccc3CCCC2c2ccccc2)cc1. The van der Waals surface area contributed by atoms with Gasteiger partial charge in [-0.05, 0) is 59.1 Å². The van der Waals surface area contributed by atoms with Gasteiger partial charge in [-0.3, -0.25) is 0 Å². The maximum Gasteiger partial charge on any atom is 0.328 e. The fraction of sp³-hybridized carbons (Fsp3) is 0.192. The van der Waals surface area contributed by atoms with Crippen LogP contribution in [0, 0.1) is 0 Å². The summed E-state index contributed by atoms with van der Waals surface area (Å²) in [7, 11) is 0. The van der Waals surface area contributed by atoms with Crippen molar-refractivity contribution in [2.45, 2.75) is 31.1 Å². The van der Waals surface area contributed by atoms with Crippen molar-refractivity contribution in [3.8, 4) is 0 Å². The lowest BCUT2D eigenvalue weighted by Crippen LogP contribution is -2.12. The Morgan fingerprint density at radius 2 is 1.57 bits per heavy atom. The number of rotatable bonds is 4. The number of carboxylic acid groups (broad SMARTS) is 1. The number of carbonyl (C=O) groups is 1. The van der Waals surface area contributed by atoms with E-state index in [0.29, 0.717) is 11.8 Å². The second-order valence-corrected chi connectivity index (χ2v) is 7.42. The van der Waals surface area contributed by atoms with Crippen molar-refractivity contribution >= 4 is 12.0 Å². The van der Waals surface area contributed by atoms with E-state index in [2.05, 4.69) is 66.7 Å². The highest BCUT2D eigenvalue weighted by Crippen LogP contribution is 2.45. The fourth-order valence-corrected chi connectivity index (χ4v) is 4.41. The van der Waals surface area contributed by atoms with Gasteiger partial charge in [-0.25, -0.2) is 4.79 Å². The molecule has 3 aromatic rings. The molecule has 3 aromatic carbocycles. The zero-order valence-corrected chi connectivity index (χ0v) is 15.8. The topological polar surface area (TPSA) is 37.3 Å². The molecule has 1 N–H and O–H groups in total. The number of hydrogen-bond donors (Lipinski definition) is 1. The first kappa shape index (κ1) is 18.2. The lowest BCUT2D eigenvalue weighted by molar-refractivity contribution is -0.131. The predicted octanol–water partition coefficient (Wildman–Crippen LogP) is 6.04. The summed E-state index contributed by atoms with van der Waals surface area (Å²) in [6, 6.07) is 28.0. The van der Waals surface area contributed by atoms with Gasteiger partial charge in [0.25, 0.3) is 0 Å². The third-order valence-electron chi connectivity index (χ3n) is 5.70. The smallest absolute Gasteiger partial charge is 0.328 e. The molecule has 28 heavy (non-hydrogen) atoms. The molecule has 2 unspecified atom stereocenters. The minimum atomic E-state index is -0.925. The van der Waals surface area contributed by atoms with Crippen molar-refractivity contribution < 1.29 is 9.90 Å². The highest BCUT2D eigenvalue weighted by molar-refractivity contribution is 5.85. The quantitative estimate of drug-likeness (QED) is 0.450. The number of aliphatic carboxylic acids is 1. The Balaban J connectivity index is 1.78. The largest absolute Gasteiger partial charge is 0.478 e. The first-order chi connectivity index (χ1) is 13.7. The minimum Gasteiger partial charge on any atom is -0.478 e. The van der Waals surface area contributed by atoms with Crippen molar-refractivity contribution in [1.82, 2.24) is 0 Å². The zero-order chi connectivity index (χ0) is 19.3. The maximum atomic E-state index is 10.8. The van der Waals surface area contributed by atoms with E-state index in [-0.39, 0.29) is 0 Å². The Bertz CT molecular complexity index is 971. The maximum absolute atomic E-state index is 10.8. The summed E-state index contributed by atoms with van der Waals surface area (Å²) in [4.78, 5) is 10.8. The van der Waals surface area contributed by atoms with Gasteiger partial charge in [0.15, 0.2) is 0 Å². The molecule has 0 bridgehead atoms. The van der Waals surface area contributed by atoms with Crippen LogP contribution < -0.4 is 0 Å². The number of fused-ring (bicyclic) bond motifs is 1. The molecule has 0 fully saturated rings. The molecule has 1 aliphatic rings. The van der Waals surface area contributed by atoms with Gasteiger partial charge < -0.3 is 5.11 Å². The first-order valence-electron chi connectivity index (χ1n) is 9.86. The Kier molecular flexibility index (Phi) is 5.38. The number of benzene rings is 3. The molecule has 2 heteroatoms. The van der Waals surface area contributed by atoms with Gasteiger partial charge in [-0.15, -0.1) is 0 Å². The van der Waals surface area contributed by atoms with Crippen LogP contribution in [0.15, 0.2) is 84.9 Å². The van der Waals surface area contributed by atoms with Crippen molar-refractivity contribution in [1.29, 1.82) is 0 Å². The summed E-state index contributed by atoms with van der Waals surface area (Å²) in [5.41, 5.74) is 6.45. The normalized spacial score (nSPS) is 19.1. The van der Waals surface area contributed by atoms with Crippen molar-refractivity contribution in [3.63, 3.8) is 0 Å². The van der Waals surface area contributed by atoms with Crippen LogP contribution in [-0.4, -0.2) is 11.1 Å². The van der Waals surface area contributed by atoms with Gasteiger partial charge in [-0.1, -0.05) is 78.9 Å². The molecule has 0 radical (unpaired) electrons. The van der Waals surface area contributed by atoms with Crippen molar-refractivity contribution in [2.75, 3.05) is 0 Å². The molecule has 2 nitrogen and oxygen atoms in total. The summed E-state index contributed by atoms with van der Waals surface area (Å²) in [6.07, 6.45) is 6.29. The van der Waals surface area contributed by atoms with Crippen LogP contribution >= 0.6 is 0 Å². The molecule has 2 atom stereocenters. The van der Waals surface area contributed by atoms with E-state index in [1.165, 1.54) is 34.8 Å². The van der Waals surface area contributed by atoms with Gasteiger partial charge in [0.1, 0.15) is 0 Å². The summed E-state index contributed by atoms with van der Waals surface area (Å²) in [5, 5.41) is 8.85. The second kappa shape index (κ2) is 8.26. The average molecular weight is 368 g/mol. The molecule has 4 rings (SSSR count). The van der Waals surface area contributed by atoms with Gasteiger partial charge in [0, 0.05) is 12.0 Å². The fourth-order valence-electron chi connectivity index (χ4n) is 4.41. The molecular formula is C26H24O2. The Morgan fingerprint density at radius 1 is 0.857 bits per heavy atom. The monoisotopic (exact) mass is 368 g/mol. The predicted molar refractivity (Wildman–Crippen MR) is 114 cm³/mol. The third-order valence-corrected chi connectivity index (χ3v) is 5.70. The Labute approximate surface area is 166 Å². The summed E-state index contributed by atoms with van der Waals surface area (Å²) in [5.74, 6) is -0.185. The number of carboxylic acids is 1. The molecule has 0 heterocycles. The van der Waals surface area contributed by atoms with Crippen LogP contribution in [-0.2, 0) is 11.2 Å². The van der Waals surface area contributed by atoms with Gasteiger partial charge >= 0.3 is 5.97 Å². The summed E-state index contributed by atoms with van der Waals surface area (Å²) in [6.45, 7) is 0. The van der Waals surface area contributed by atoms with Gasteiger partial charge in [-0.2, -0.15) is 0 Å². The lowest BCUT2D eigenvalue weighted by Gasteiger charge is -2.28. The zero-order valence-electron chi connectivity index (χ0n) is 15.8. The standard InChI is InChI=1S/C26H24O2/c27-25(28)18-15-19-13-16-22(17-14-19)26-23-11-5-4-9-21(23)10-6-12-24(26)20-7-2-1-3-8-20/h1-5,7-9,11,13-18,24,26H,6,10,12H2,(H,27,28)/b18-15+. The van der Waals surface area contributed by atoms with Crippen molar-refractivity contribution in [3.05, 3.63) is 113 Å². The van der Waals surface area contributed by atoms with Crippen LogP contribution in [0.2, 0.25) is 0 Å². The summed E-state index contributed by atoms with van der Waals surface area (Å²) >= 11 is 0. The van der Waals surface area contributed by atoms with E-state index in [1.807, 2.05) is 12.1 Å². The lowest BCUT2D eigenvalue weighted by atomic mass is 9.76. The highest BCUT2D eigenvalue weighted by atomic mass is 16.4. The summed E-state index contributed by atoms with van der Waals surface area (Å²) < 4.78 is 0. The Hall–Kier alpha value is -3.13. The Morgan fingerprint density at radius 3 is 2.32 bits per heavy atom. The molecule has 0 spiro atoms. The molecule has 0 saturated heterocycles. The van der Waals surface area contributed by atoms with E-state index in [0.717, 1.165) is 18.4 Å². The molecule has 140 valence electrons.